The highest BCUT2D eigenvalue weighted by atomic mass is 16.7. The first-order chi connectivity index (χ1) is 13.1. The minimum absolute atomic E-state index is 0.193. The molecule has 3 rings (SSSR count). The Kier molecular flexibility index (Phi) is 5.80. The summed E-state index contributed by atoms with van der Waals surface area (Å²) in [5.41, 5.74) is 1.15. The van der Waals surface area contributed by atoms with Gasteiger partial charge in [-0.15, -0.1) is 0 Å². The Hall–Kier alpha value is -3.22. The summed E-state index contributed by atoms with van der Waals surface area (Å²) in [6.45, 7) is 3.90. The van der Waals surface area contributed by atoms with E-state index in [0.717, 1.165) is 5.56 Å². The lowest BCUT2D eigenvalue weighted by atomic mass is 10.1. The smallest absolute Gasteiger partial charge is 0.342 e. The summed E-state index contributed by atoms with van der Waals surface area (Å²) < 4.78 is 21.1. The normalized spacial score (nSPS) is 13.0. The number of rotatable bonds is 7. The predicted octanol–water partition coefficient (Wildman–Crippen LogP) is 2.85. The molecule has 0 radical (unpaired) electrons. The minimum atomic E-state index is -0.607. The van der Waals surface area contributed by atoms with E-state index in [1.807, 2.05) is 26.0 Å². The quantitative estimate of drug-likeness (QED) is 0.754. The zero-order valence-corrected chi connectivity index (χ0v) is 15.2. The zero-order valence-electron chi connectivity index (χ0n) is 15.2. The van der Waals surface area contributed by atoms with Crippen LogP contribution in [0, 0.1) is 0 Å². The molecule has 2 aromatic rings. The molecule has 27 heavy (non-hydrogen) atoms. The van der Waals surface area contributed by atoms with Gasteiger partial charge in [-0.05, 0) is 43.7 Å². The van der Waals surface area contributed by atoms with Crippen molar-refractivity contribution in [3.8, 4) is 17.2 Å². The molecule has 142 valence electrons. The summed E-state index contributed by atoms with van der Waals surface area (Å²) in [7, 11) is 0. The van der Waals surface area contributed by atoms with Gasteiger partial charge in [0.25, 0.3) is 5.91 Å². The van der Waals surface area contributed by atoms with Crippen molar-refractivity contribution >= 4 is 11.9 Å². The maximum atomic E-state index is 12.2. The number of carbonyl (C=O) groups is 2. The van der Waals surface area contributed by atoms with Crippen LogP contribution in [0.4, 0.5) is 0 Å². The van der Waals surface area contributed by atoms with Crippen molar-refractivity contribution in [2.75, 3.05) is 20.0 Å². The van der Waals surface area contributed by atoms with Crippen LogP contribution in [-0.2, 0) is 9.53 Å². The highest BCUT2D eigenvalue weighted by molar-refractivity contribution is 5.94. The fourth-order valence-electron chi connectivity index (χ4n) is 2.67. The van der Waals surface area contributed by atoms with Crippen LogP contribution in [-0.4, -0.2) is 31.9 Å². The molecule has 1 aliphatic rings. The molecule has 0 saturated heterocycles. The molecule has 1 N–H and O–H groups in total. The van der Waals surface area contributed by atoms with Gasteiger partial charge in [-0.2, -0.15) is 0 Å². The second-order valence-electron chi connectivity index (χ2n) is 5.91. The second kappa shape index (κ2) is 8.44. The van der Waals surface area contributed by atoms with Crippen LogP contribution in [0.15, 0.2) is 42.5 Å². The molecular formula is C20H21NO6. The first kappa shape index (κ1) is 18.6. The van der Waals surface area contributed by atoms with Crippen molar-refractivity contribution < 1.29 is 28.5 Å². The van der Waals surface area contributed by atoms with Crippen LogP contribution in [0.3, 0.4) is 0 Å². The molecule has 1 aliphatic heterocycles. The molecule has 0 spiro atoms. The third kappa shape index (κ3) is 4.49. The summed E-state index contributed by atoms with van der Waals surface area (Å²) in [6, 6.07) is 11.9. The number of para-hydroxylation sites is 1. The molecule has 7 nitrogen and oxygen atoms in total. The van der Waals surface area contributed by atoms with E-state index < -0.39 is 11.9 Å². The fraction of sp³-hybridized carbons (Fsp3) is 0.300. The largest absolute Gasteiger partial charge is 0.493 e. The third-order valence-corrected chi connectivity index (χ3v) is 4.02. The van der Waals surface area contributed by atoms with E-state index in [2.05, 4.69) is 5.32 Å². The van der Waals surface area contributed by atoms with Gasteiger partial charge in [-0.3, -0.25) is 4.79 Å². The van der Waals surface area contributed by atoms with E-state index in [0.29, 0.717) is 23.9 Å². The highest BCUT2D eigenvalue weighted by Gasteiger charge is 2.18. The van der Waals surface area contributed by atoms with Gasteiger partial charge in [0, 0.05) is 0 Å². The third-order valence-electron chi connectivity index (χ3n) is 4.02. The Labute approximate surface area is 157 Å². The Morgan fingerprint density at radius 1 is 1.15 bits per heavy atom. The summed E-state index contributed by atoms with van der Waals surface area (Å²) in [5, 5.41) is 2.79. The van der Waals surface area contributed by atoms with E-state index in [1.165, 1.54) is 0 Å². The number of nitrogens with one attached hydrogen (secondary N) is 1. The Balaban J connectivity index is 1.54. The Morgan fingerprint density at radius 2 is 1.93 bits per heavy atom. The van der Waals surface area contributed by atoms with Crippen molar-refractivity contribution in [2.24, 2.45) is 0 Å². The molecule has 0 aliphatic carbocycles. The summed E-state index contributed by atoms with van der Waals surface area (Å²) in [6.07, 6.45) is 0. The number of ether oxygens (including phenoxy) is 4. The molecule has 0 aromatic heterocycles. The molecular weight excluding hydrogens is 350 g/mol. The van der Waals surface area contributed by atoms with Crippen molar-refractivity contribution in [3.05, 3.63) is 53.6 Å². The van der Waals surface area contributed by atoms with Crippen molar-refractivity contribution in [1.29, 1.82) is 0 Å². The molecule has 0 fully saturated rings. The average molecular weight is 371 g/mol. The van der Waals surface area contributed by atoms with Gasteiger partial charge in [-0.1, -0.05) is 18.2 Å². The average Bonchev–Trinajstić information content (AvgIpc) is 3.14. The van der Waals surface area contributed by atoms with Crippen molar-refractivity contribution in [2.45, 2.75) is 19.9 Å². The first-order valence-corrected chi connectivity index (χ1v) is 8.66. The number of fused-ring (bicyclic) bond motifs is 1. The number of benzene rings is 2. The lowest BCUT2D eigenvalue weighted by molar-refractivity contribution is -0.124. The molecule has 0 bridgehead atoms. The maximum Gasteiger partial charge on any atom is 0.342 e. The van der Waals surface area contributed by atoms with Gasteiger partial charge in [0.15, 0.2) is 18.1 Å². The minimum Gasteiger partial charge on any atom is -0.493 e. The van der Waals surface area contributed by atoms with Crippen LogP contribution >= 0.6 is 0 Å². The van der Waals surface area contributed by atoms with Crippen molar-refractivity contribution in [1.82, 2.24) is 5.32 Å². The molecule has 1 atom stereocenters. The molecule has 1 heterocycles. The number of carbonyl (C=O) groups excluding carboxylic acids is 2. The van der Waals surface area contributed by atoms with Crippen molar-refractivity contribution in [3.63, 3.8) is 0 Å². The van der Waals surface area contributed by atoms with Gasteiger partial charge in [-0.25, -0.2) is 4.79 Å². The summed E-state index contributed by atoms with van der Waals surface area (Å²) in [4.78, 5) is 24.3. The monoisotopic (exact) mass is 371 g/mol. The standard InChI is InChI=1S/C20H21NO6/c1-3-24-16-7-5-4-6-15(16)20(23)25-11-19(22)21-13(2)14-8-9-17-18(10-14)27-12-26-17/h4-10,13H,3,11-12H2,1-2H3,(H,21,22). The van der Waals surface area contributed by atoms with E-state index >= 15 is 0 Å². The van der Waals surface area contributed by atoms with Crippen LogP contribution < -0.4 is 19.5 Å². The second-order valence-corrected chi connectivity index (χ2v) is 5.91. The number of hydrogen-bond acceptors (Lipinski definition) is 6. The Morgan fingerprint density at radius 3 is 2.74 bits per heavy atom. The SMILES string of the molecule is CCOc1ccccc1C(=O)OCC(=O)NC(C)c1ccc2c(c1)OCO2. The van der Waals surface area contributed by atoms with Crippen LogP contribution in [0.5, 0.6) is 17.2 Å². The maximum absolute atomic E-state index is 12.2. The van der Waals surface area contributed by atoms with Gasteiger partial charge in [0.1, 0.15) is 11.3 Å². The van der Waals surface area contributed by atoms with E-state index in [4.69, 9.17) is 18.9 Å². The van der Waals surface area contributed by atoms with Crippen LogP contribution in [0.1, 0.15) is 35.8 Å². The number of hydrogen-bond donors (Lipinski definition) is 1. The van der Waals surface area contributed by atoms with Crippen LogP contribution in [0.2, 0.25) is 0 Å². The predicted molar refractivity (Wildman–Crippen MR) is 97.0 cm³/mol. The lowest BCUT2D eigenvalue weighted by Gasteiger charge is -2.15. The molecule has 0 saturated carbocycles. The zero-order chi connectivity index (χ0) is 19.2. The number of esters is 1. The van der Waals surface area contributed by atoms with Gasteiger partial charge >= 0.3 is 5.97 Å². The highest BCUT2D eigenvalue weighted by Crippen LogP contribution is 2.34. The van der Waals surface area contributed by atoms with Gasteiger partial charge in [0.2, 0.25) is 6.79 Å². The lowest BCUT2D eigenvalue weighted by Crippen LogP contribution is -2.31. The summed E-state index contributed by atoms with van der Waals surface area (Å²) >= 11 is 0. The topological polar surface area (TPSA) is 83.1 Å². The van der Waals surface area contributed by atoms with Gasteiger partial charge < -0.3 is 24.3 Å². The molecule has 1 amide bonds. The molecule has 7 heteroatoms. The van der Waals surface area contributed by atoms with Gasteiger partial charge in [0.05, 0.1) is 12.6 Å². The van der Waals surface area contributed by atoms with Crippen LogP contribution in [0.25, 0.3) is 0 Å². The Bertz CT molecular complexity index is 835. The van der Waals surface area contributed by atoms with E-state index in [-0.39, 0.29) is 25.0 Å². The fourth-order valence-corrected chi connectivity index (χ4v) is 2.67. The number of amides is 1. The van der Waals surface area contributed by atoms with E-state index in [1.54, 1.807) is 30.3 Å². The molecule has 1 unspecified atom stereocenters. The molecule has 2 aromatic carbocycles. The summed E-state index contributed by atoms with van der Waals surface area (Å²) in [5.74, 6) is 0.748. The van der Waals surface area contributed by atoms with E-state index in [9.17, 15) is 9.59 Å². The first-order valence-electron chi connectivity index (χ1n) is 8.66.